The molecule has 0 aliphatic heterocycles. The molecule has 1 aliphatic carbocycles. The first-order valence-electron chi connectivity index (χ1n) is 7.69. The molecule has 0 atom stereocenters. The Bertz CT molecular complexity index is 824. The first-order chi connectivity index (χ1) is 9.75. The predicted octanol–water partition coefficient (Wildman–Crippen LogP) is 5.49. The van der Waals surface area contributed by atoms with Gasteiger partial charge in [-0.25, -0.2) is 0 Å². The zero-order valence-electron chi connectivity index (χ0n) is 12.3. The van der Waals surface area contributed by atoms with Crippen LogP contribution in [-0.2, 0) is 12.8 Å². The van der Waals surface area contributed by atoms with Crippen LogP contribution in [0.15, 0.2) is 36.4 Å². The van der Waals surface area contributed by atoms with Crippen molar-refractivity contribution in [3.05, 3.63) is 58.7 Å². The summed E-state index contributed by atoms with van der Waals surface area (Å²) in [4.78, 5) is 0. The third-order valence-electron chi connectivity index (χ3n) is 4.84. The molecule has 0 saturated heterocycles. The molecule has 0 spiro atoms. The average molecular weight is 260 g/mol. The van der Waals surface area contributed by atoms with Gasteiger partial charge in [-0.2, -0.15) is 0 Å². The molecule has 3 aromatic rings. The van der Waals surface area contributed by atoms with Gasteiger partial charge in [-0.1, -0.05) is 36.4 Å². The number of hydrogen-bond donors (Lipinski definition) is 0. The van der Waals surface area contributed by atoms with E-state index >= 15 is 0 Å². The van der Waals surface area contributed by atoms with Crippen LogP contribution in [0, 0.1) is 13.8 Å². The summed E-state index contributed by atoms with van der Waals surface area (Å²) in [6.07, 6.45) is 5.21. The molecule has 3 aromatic carbocycles. The van der Waals surface area contributed by atoms with Gasteiger partial charge in [0.2, 0.25) is 0 Å². The highest BCUT2D eigenvalue weighted by atomic mass is 14.2. The van der Waals surface area contributed by atoms with Crippen molar-refractivity contribution >= 4 is 21.5 Å². The molecular weight excluding hydrogens is 240 g/mol. The van der Waals surface area contributed by atoms with Gasteiger partial charge < -0.3 is 0 Å². The van der Waals surface area contributed by atoms with Crippen LogP contribution in [0.1, 0.15) is 35.1 Å². The van der Waals surface area contributed by atoms with Gasteiger partial charge in [0.1, 0.15) is 0 Å². The highest BCUT2D eigenvalue weighted by Crippen LogP contribution is 2.37. The Kier molecular flexibility index (Phi) is 2.60. The Hall–Kier alpha value is -1.82. The minimum absolute atomic E-state index is 1.26. The van der Waals surface area contributed by atoms with E-state index in [1.165, 1.54) is 53.0 Å². The molecule has 100 valence electrons. The standard InChI is InChI=1S/C20H20/c1-13-11-15-7-3-6-10-18(15)20-14(2)12-16-8-4-5-9-17(16)19(13)20/h3,6-7,10-12H,4-5,8-9H2,1-2H3. The number of benzene rings is 3. The number of fused-ring (bicyclic) bond motifs is 5. The predicted molar refractivity (Wildman–Crippen MR) is 87.6 cm³/mol. The van der Waals surface area contributed by atoms with Crippen LogP contribution in [0.5, 0.6) is 0 Å². The highest BCUT2D eigenvalue weighted by molar-refractivity contribution is 6.11. The monoisotopic (exact) mass is 260 g/mol. The van der Waals surface area contributed by atoms with E-state index in [0.29, 0.717) is 0 Å². The lowest BCUT2D eigenvalue weighted by Crippen LogP contribution is -2.05. The summed E-state index contributed by atoms with van der Waals surface area (Å²) < 4.78 is 0. The van der Waals surface area contributed by atoms with Crippen molar-refractivity contribution in [2.24, 2.45) is 0 Å². The molecule has 0 saturated carbocycles. The van der Waals surface area contributed by atoms with E-state index in [1.54, 1.807) is 16.5 Å². The average Bonchev–Trinajstić information content (AvgIpc) is 2.47. The van der Waals surface area contributed by atoms with Gasteiger partial charge in [0.25, 0.3) is 0 Å². The molecule has 0 aromatic heterocycles. The normalized spacial score (nSPS) is 14.7. The molecule has 0 unspecified atom stereocenters. The largest absolute Gasteiger partial charge is 0.0616 e. The molecule has 20 heavy (non-hydrogen) atoms. The smallest absolute Gasteiger partial charge is 0.00705 e. The quantitative estimate of drug-likeness (QED) is 0.469. The maximum absolute atomic E-state index is 2.45. The van der Waals surface area contributed by atoms with E-state index in [1.807, 2.05) is 0 Å². The Morgan fingerprint density at radius 3 is 2.45 bits per heavy atom. The molecule has 0 radical (unpaired) electrons. The molecule has 0 heterocycles. The zero-order chi connectivity index (χ0) is 13.7. The second-order valence-electron chi connectivity index (χ2n) is 6.20. The van der Waals surface area contributed by atoms with Crippen LogP contribution >= 0.6 is 0 Å². The van der Waals surface area contributed by atoms with Crippen molar-refractivity contribution < 1.29 is 0 Å². The van der Waals surface area contributed by atoms with Crippen LogP contribution in [-0.4, -0.2) is 0 Å². The highest BCUT2D eigenvalue weighted by Gasteiger charge is 2.17. The fourth-order valence-electron chi connectivity index (χ4n) is 3.99. The molecule has 1 aliphatic rings. The van der Waals surface area contributed by atoms with Crippen molar-refractivity contribution in [3.8, 4) is 0 Å². The summed E-state index contributed by atoms with van der Waals surface area (Å²) in [6.45, 7) is 4.56. The molecule has 0 bridgehead atoms. The third kappa shape index (κ3) is 1.61. The minimum Gasteiger partial charge on any atom is -0.0616 e. The second-order valence-corrected chi connectivity index (χ2v) is 6.20. The van der Waals surface area contributed by atoms with E-state index in [9.17, 15) is 0 Å². The Morgan fingerprint density at radius 2 is 1.55 bits per heavy atom. The van der Waals surface area contributed by atoms with Gasteiger partial charge in [0, 0.05) is 0 Å². The van der Waals surface area contributed by atoms with Crippen LogP contribution in [0.3, 0.4) is 0 Å². The SMILES string of the molecule is Cc1cc2ccccc2c2c(C)cc3c(c12)CCCC3. The first-order valence-corrected chi connectivity index (χ1v) is 7.69. The summed E-state index contributed by atoms with van der Waals surface area (Å²) in [6, 6.07) is 13.6. The molecule has 0 heteroatoms. The Morgan fingerprint density at radius 1 is 0.800 bits per heavy atom. The Balaban J connectivity index is 2.26. The van der Waals surface area contributed by atoms with Crippen molar-refractivity contribution in [2.45, 2.75) is 39.5 Å². The molecule has 4 rings (SSSR count). The van der Waals surface area contributed by atoms with Crippen LogP contribution in [0.2, 0.25) is 0 Å². The van der Waals surface area contributed by atoms with Gasteiger partial charge in [0.15, 0.2) is 0 Å². The fraction of sp³-hybridized carbons (Fsp3) is 0.300. The van der Waals surface area contributed by atoms with Gasteiger partial charge in [-0.05, 0) is 83.3 Å². The Labute approximate surface area is 120 Å². The molecule has 0 nitrogen and oxygen atoms in total. The van der Waals surface area contributed by atoms with Crippen molar-refractivity contribution in [1.29, 1.82) is 0 Å². The van der Waals surface area contributed by atoms with Crippen molar-refractivity contribution in [1.82, 2.24) is 0 Å². The lowest BCUT2D eigenvalue weighted by molar-refractivity contribution is 0.689. The zero-order valence-corrected chi connectivity index (χ0v) is 12.3. The molecule has 0 fully saturated rings. The fourth-order valence-corrected chi connectivity index (χ4v) is 3.99. The van der Waals surface area contributed by atoms with E-state index in [-0.39, 0.29) is 0 Å². The maximum atomic E-state index is 2.45. The van der Waals surface area contributed by atoms with E-state index in [0.717, 1.165) is 0 Å². The van der Waals surface area contributed by atoms with Gasteiger partial charge in [-0.3, -0.25) is 0 Å². The first kappa shape index (κ1) is 12.0. The van der Waals surface area contributed by atoms with E-state index in [2.05, 4.69) is 50.2 Å². The summed E-state index contributed by atoms with van der Waals surface area (Å²) >= 11 is 0. The lowest BCUT2D eigenvalue weighted by atomic mass is 9.83. The second kappa shape index (κ2) is 4.34. The van der Waals surface area contributed by atoms with E-state index < -0.39 is 0 Å². The van der Waals surface area contributed by atoms with Crippen LogP contribution < -0.4 is 0 Å². The summed E-state index contributed by atoms with van der Waals surface area (Å²) in [5.41, 5.74) is 6.11. The van der Waals surface area contributed by atoms with Gasteiger partial charge in [0.05, 0.1) is 0 Å². The van der Waals surface area contributed by atoms with Crippen LogP contribution in [0.4, 0.5) is 0 Å². The minimum atomic E-state index is 1.26. The molecule has 0 amide bonds. The van der Waals surface area contributed by atoms with Crippen molar-refractivity contribution in [3.63, 3.8) is 0 Å². The van der Waals surface area contributed by atoms with Gasteiger partial charge in [-0.15, -0.1) is 0 Å². The van der Waals surface area contributed by atoms with Crippen molar-refractivity contribution in [2.75, 3.05) is 0 Å². The van der Waals surface area contributed by atoms with Crippen LogP contribution in [0.25, 0.3) is 21.5 Å². The summed E-state index contributed by atoms with van der Waals surface area (Å²) in [7, 11) is 0. The van der Waals surface area contributed by atoms with Gasteiger partial charge >= 0.3 is 0 Å². The van der Waals surface area contributed by atoms with E-state index in [4.69, 9.17) is 0 Å². The number of hydrogen-bond acceptors (Lipinski definition) is 0. The summed E-state index contributed by atoms with van der Waals surface area (Å²) in [5.74, 6) is 0. The number of aryl methyl sites for hydroxylation is 4. The molecule has 0 N–H and O–H groups in total. The maximum Gasteiger partial charge on any atom is -0.00705 e. The summed E-state index contributed by atoms with van der Waals surface area (Å²) in [5, 5.41) is 5.81. The lowest BCUT2D eigenvalue weighted by Gasteiger charge is -2.22. The third-order valence-corrected chi connectivity index (χ3v) is 4.84. The topological polar surface area (TPSA) is 0 Å². The molecular formula is C20H20. The number of rotatable bonds is 0.